The van der Waals surface area contributed by atoms with Gasteiger partial charge in [0.05, 0.1) is 13.2 Å². The van der Waals surface area contributed by atoms with E-state index in [1.807, 2.05) is 0 Å². The molecule has 4 nitrogen and oxygen atoms in total. The summed E-state index contributed by atoms with van der Waals surface area (Å²) in [6.45, 7) is 7.29. The van der Waals surface area contributed by atoms with Gasteiger partial charge in [0, 0.05) is 32.6 Å². The SMILES string of the molecule is CCc1ccc(CCC(=O)NCc2cccc(CN3CCOCC3)c2)cc1. The van der Waals surface area contributed by atoms with Gasteiger partial charge < -0.3 is 10.1 Å². The van der Waals surface area contributed by atoms with Crippen molar-refractivity contribution in [3.63, 3.8) is 0 Å². The van der Waals surface area contributed by atoms with Crippen molar-refractivity contribution in [2.24, 2.45) is 0 Å². The Morgan fingerprint density at radius 3 is 2.44 bits per heavy atom. The highest BCUT2D eigenvalue weighted by molar-refractivity contribution is 5.76. The van der Waals surface area contributed by atoms with E-state index in [1.165, 1.54) is 16.7 Å². The van der Waals surface area contributed by atoms with E-state index in [-0.39, 0.29) is 5.91 Å². The lowest BCUT2D eigenvalue weighted by Gasteiger charge is -2.26. The van der Waals surface area contributed by atoms with Crippen LogP contribution in [-0.4, -0.2) is 37.1 Å². The molecule has 1 aliphatic rings. The van der Waals surface area contributed by atoms with E-state index >= 15 is 0 Å². The Balaban J connectivity index is 1.43. The minimum absolute atomic E-state index is 0.105. The van der Waals surface area contributed by atoms with Gasteiger partial charge in [0.2, 0.25) is 5.91 Å². The molecule has 1 aliphatic heterocycles. The van der Waals surface area contributed by atoms with Crippen LogP contribution in [0.2, 0.25) is 0 Å². The number of nitrogens with one attached hydrogen (secondary N) is 1. The molecule has 1 fully saturated rings. The Labute approximate surface area is 162 Å². The summed E-state index contributed by atoms with van der Waals surface area (Å²) >= 11 is 0. The molecule has 1 heterocycles. The van der Waals surface area contributed by atoms with Crippen molar-refractivity contribution in [3.05, 3.63) is 70.8 Å². The normalized spacial score (nSPS) is 14.9. The average molecular weight is 367 g/mol. The molecule has 4 heteroatoms. The van der Waals surface area contributed by atoms with Gasteiger partial charge in [-0.1, -0.05) is 55.5 Å². The Morgan fingerprint density at radius 2 is 1.70 bits per heavy atom. The molecule has 0 unspecified atom stereocenters. The first-order valence-corrected chi connectivity index (χ1v) is 9.95. The largest absolute Gasteiger partial charge is 0.379 e. The fraction of sp³-hybridized carbons (Fsp3) is 0.435. The monoisotopic (exact) mass is 366 g/mol. The number of carbonyl (C=O) groups is 1. The number of benzene rings is 2. The minimum Gasteiger partial charge on any atom is -0.379 e. The highest BCUT2D eigenvalue weighted by atomic mass is 16.5. The molecule has 3 rings (SSSR count). The molecular formula is C23H30N2O2. The predicted octanol–water partition coefficient (Wildman–Crippen LogP) is 3.33. The van der Waals surface area contributed by atoms with Crippen molar-refractivity contribution in [3.8, 4) is 0 Å². The van der Waals surface area contributed by atoms with Crippen molar-refractivity contribution >= 4 is 5.91 Å². The van der Waals surface area contributed by atoms with Crippen molar-refractivity contribution in [1.82, 2.24) is 10.2 Å². The second-order valence-corrected chi connectivity index (χ2v) is 7.16. The molecule has 0 spiro atoms. The van der Waals surface area contributed by atoms with Crippen molar-refractivity contribution in [1.29, 1.82) is 0 Å². The number of aryl methyl sites for hydroxylation is 2. The first-order valence-electron chi connectivity index (χ1n) is 9.95. The van der Waals surface area contributed by atoms with Gasteiger partial charge in [-0.15, -0.1) is 0 Å². The molecule has 2 aromatic rings. The topological polar surface area (TPSA) is 41.6 Å². The summed E-state index contributed by atoms with van der Waals surface area (Å²) in [5.74, 6) is 0.105. The molecule has 1 saturated heterocycles. The van der Waals surface area contributed by atoms with Gasteiger partial charge in [-0.3, -0.25) is 9.69 Å². The number of hydrogen-bond acceptors (Lipinski definition) is 3. The fourth-order valence-electron chi connectivity index (χ4n) is 3.34. The molecule has 1 N–H and O–H groups in total. The standard InChI is InChI=1S/C23H30N2O2/c1-2-19-6-8-20(9-7-19)10-11-23(26)24-17-21-4-3-5-22(16-21)18-25-12-14-27-15-13-25/h3-9,16H,2,10-15,17-18H2,1H3,(H,24,26). The highest BCUT2D eigenvalue weighted by Gasteiger charge is 2.11. The number of ether oxygens (including phenoxy) is 1. The Hall–Kier alpha value is -2.17. The molecule has 2 aromatic carbocycles. The number of rotatable bonds is 8. The van der Waals surface area contributed by atoms with Crippen molar-refractivity contribution < 1.29 is 9.53 Å². The first-order chi connectivity index (χ1) is 13.2. The lowest BCUT2D eigenvalue weighted by Crippen LogP contribution is -2.35. The smallest absolute Gasteiger partial charge is 0.220 e. The zero-order valence-corrected chi connectivity index (χ0v) is 16.2. The van der Waals surface area contributed by atoms with E-state index in [0.29, 0.717) is 13.0 Å². The lowest BCUT2D eigenvalue weighted by molar-refractivity contribution is -0.121. The maximum Gasteiger partial charge on any atom is 0.220 e. The Morgan fingerprint density at radius 1 is 1.00 bits per heavy atom. The summed E-state index contributed by atoms with van der Waals surface area (Å²) in [5.41, 5.74) is 5.00. The Bertz CT molecular complexity index is 721. The van der Waals surface area contributed by atoms with Gasteiger partial charge in [-0.2, -0.15) is 0 Å². The number of nitrogens with zero attached hydrogens (tertiary/aromatic N) is 1. The van der Waals surface area contributed by atoms with E-state index in [2.05, 4.69) is 65.7 Å². The van der Waals surface area contributed by atoms with Crippen LogP contribution in [0.5, 0.6) is 0 Å². The third-order valence-corrected chi connectivity index (χ3v) is 5.06. The molecule has 144 valence electrons. The maximum atomic E-state index is 12.2. The maximum absolute atomic E-state index is 12.2. The highest BCUT2D eigenvalue weighted by Crippen LogP contribution is 2.11. The van der Waals surface area contributed by atoms with Gasteiger partial charge in [-0.25, -0.2) is 0 Å². The number of amides is 1. The van der Waals surface area contributed by atoms with Crippen LogP contribution < -0.4 is 5.32 Å². The number of morpholine rings is 1. The molecular weight excluding hydrogens is 336 g/mol. The summed E-state index contributed by atoms with van der Waals surface area (Å²) in [6, 6.07) is 17.0. The van der Waals surface area contributed by atoms with Crippen LogP contribution in [0.1, 0.15) is 35.6 Å². The van der Waals surface area contributed by atoms with E-state index in [0.717, 1.165) is 51.3 Å². The molecule has 27 heavy (non-hydrogen) atoms. The van der Waals surface area contributed by atoms with Crippen molar-refractivity contribution in [2.75, 3.05) is 26.3 Å². The fourth-order valence-corrected chi connectivity index (χ4v) is 3.34. The zero-order chi connectivity index (χ0) is 18.9. The summed E-state index contributed by atoms with van der Waals surface area (Å²) in [5, 5.41) is 3.05. The van der Waals surface area contributed by atoms with Crippen LogP contribution in [0.25, 0.3) is 0 Å². The van der Waals surface area contributed by atoms with Gasteiger partial charge in [0.25, 0.3) is 0 Å². The van der Waals surface area contributed by atoms with Gasteiger partial charge >= 0.3 is 0 Å². The lowest BCUT2D eigenvalue weighted by atomic mass is 10.1. The van der Waals surface area contributed by atoms with Gasteiger partial charge in [0.15, 0.2) is 0 Å². The summed E-state index contributed by atoms with van der Waals surface area (Å²) in [4.78, 5) is 14.6. The van der Waals surface area contributed by atoms with E-state index in [9.17, 15) is 4.79 Å². The van der Waals surface area contributed by atoms with Gasteiger partial charge in [-0.05, 0) is 35.1 Å². The van der Waals surface area contributed by atoms with E-state index in [1.54, 1.807) is 0 Å². The van der Waals surface area contributed by atoms with Crippen LogP contribution in [-0.2, 0) is 35.5 Å². The second-order valence-electron chi connectivity index (χ2n) is 7.16. The second kappa shape index (κ2) is 10.2. The molecule has 0 aliphatic carbocycles. The van der Waals surface area contributed by atoms with E-state index < -0.39 is 0 Å². The van der Waals surface area contributed by atoms with E-state index in [4.69, 9.17) is 4.74 Å². The third-order valence-electron chi connectivity index (χ3n) is 5.06. The quantitative estimate of drug-likeness (QED) is 0.779. The van der Waals surface area contributed by atoms with Crippen molar-refractivity contribution in [2.45, 2.75) is 39.3 Å². The molecule has 0 saturated carbocycles. The van der Waals surface area contributed by atoms with Crippen LogP contribution in [0.3, 0.4) is 0 Å². The predicted molar refractivity (Wildman–Crippen MR) is 109 cm³/mol. The molecule has 0 aromatic heterocycles. The molecule has 0 atom stereocenters. The average Bonchev–Trinajstić information content (AvgIpc) is 2.72. The molecule has 1 amide bonds. The Kier molecular flexibility index (Phi) is 7.43. The van der Waals surface area contributed by atoms with Crippen LogP contribution in [0.15, 0.2) is 48.5 Å². The summed E-state index contributed by atoms with van der Waals surface area (Å²) in [6.07, 6.45) is 2.36. The van der Waals surface area contributed by atoms with Gasteiger partial charge in [0.1, 0.15) is 0 Å². The number of carbonyl (C=O) groups excluding carboxylic acids is 1. The van der Waals surface area contributed by atoms with Crippen LogP contribution in [0.4, 0.5) is 0 Å². The summed E-state index contributed by atoms with van der Waals surface area (Å²) < 4.78 is 5.40. The third kappa shape index (κ3) is 6.49. The minimum atomic E-state index is 0.105. The summed E-state index contributed by atoms with van der Waals surface area (Å²) in [7, 11) is 0. The molecule has 0 radical (unpaired) electrons. The molecule has 0 bridgehead atoms. The van der Waals surface area contributed by atoms with Crippen LogP contribution >= 0.6 is 0 Å². The zero-order valence-electron chi connectivity index (χ0n) is 16.2. The first kappa shape index (κ1) is 19.6. The number of hydrogen-bond donors (Lipinski definition) is 1. The van der Waals surface area contributed by atoms with Crippen LogP contribution in [0, 0.1) is 0 Å².